The molecule has 0 amide bonds. The molecule has 4 heterocycles. The summed E-state index contributed by atoms with van der Waals surface area (Å²) in [5, 5.41) is 14.7. The van der Waals surface area contributed by atoms with Crippen molar-refractivity contribution in [3.05, 3.63) is 66.2 Å². The van der Waals surface area contributed by atoms with E-state index in [0.29, 0.717) is 22.5 Å². The molecule has 3 aromatic heterocycles. The maximum atomic E-state index is 14.2. The predicted molar refractivity (Wildman–Crippen MR) is 104 cm³/mol. The van der Waals surface area contributed by atoms with Crippen molar-refractivity contribution in [2.75, 3.05) is 18.4 Å². The molecule has 0 aliphatic carbocycles. The molecule has 0 saturated carbocycles. The molecule has 1 aromatic carbocycles. The zero-order valence-electron chi connectivity index (χ0n) is 15.7. The molecule has 8 nitrogen and oxygen atoms in total. The van der Waals surface area contributed by atoms with E-state index in [2.05, 4.69) is 30.9 Å². The molecule has 4 aromatic rings. The first-order chi connectivity index (χ1) is 14.7. The van der Waals surface area contributed by atoms with E-state index in [1.165, 1.54) is 12.3 Å². The molecule has 2 N–H and O–H groups in total. The molecule has 30 heavy (non-hydrogen) atoms. The summed E-state index contributed by atoms with van der Waals surface area (Å²) in [5.41, 5.74) is 2.01. The Labute approximate surface area is 169 Å². The maximum Gasteiger partial charge on any atom is 0.183 e. The Morgan fingerprint density at radius 2 is 2.03 bits per heavy atom. The molecular weight excluding hydrogens is 392 g/mol. The van der Waals surface area contributed by atoms with Gasteiger partial charge in [-0.25, -0.2) is 18.7 Å². The molecule has 5 rings (SSSR count). The molecule has 1 fully saturated rings. The van der Waals surface area contributed by atoms with Gasteiger partial charge in [0.2, 0.25) is 0 Å². The van der Waals surface area contributed by atoms with E-state index in [0.717, 1.165) is 19.3 Å². The average molecular weight is 409 g/mol. The molecule has 0 radical (unpaired) electrons. The summed E-state index contributed by atoms with van der Waals surface area (Å²) < 4.78 is 34.8. The number of aromatic nitrogens is 5. The first-order valence-corrected chi connectivity index (χ1v) is 9.39. The highest BCUT2D eigenvalue weighted by atomic mass is 19.1. The van der Waals surface area contributed by atoms with Crippen LogP contribution in [0.4, 0.5) is 14.6 Å². The zero-order valence-corrected chi connectivity index (χ0v) is 15.7. The number of nitrogens with zero attached hydrogens (tertiary/aromatic N) is 5. The minimum Gasteiger partial charge on any atom is -0.364 e. The smallest absolute Gasteiger partial charge is 0.183 e. The van der Waals surface area contributed by atoms with Gasteiger partial charge in [0.1, 0.15) is 23.5 Å². The van der Waals surface area contributed by atoms with Crippen LogP contribution >= 0.6 is 0 Å². The fourth-order valence-corrected chi connectivity index (χ4v) is 3.17. The van der Waals surface area contributed by atoms with Crippen molar-refractivity contribution in [1.82, 2.24) is 30.2 Å². The number of hydrogen-bond donors (Lipinski definition) is 2. The van der Waals surface area contributed by atoms with E-state index in [1.807, 2.05) is 0 Å². The Morgan fingerprint density at radius 1 is 1.17 bits per heavy atom. The van der Waals surface area contributed by atoms with Gasteiger partial charge in [0, 0.05) is 30.9 Å². The average Bonchev–Trinajstić information content (AvgIpc) is 3.37. The van der Waals surface area contributed by atoms with Crippen molar-refractivity contribution in [3.8, 4) is 22.8 Å². The van der Waals surface area contributed by atoms with Crippen LogP contribution in [0.1, 0.15) is 5.56 Å². The van der Waals surface area contributed by atoms with Crippen LogP contribution in [0.3, 0.4) is 0 Å². The Hall–Kier alpha value is -3.66. The fraction of sp³-hybridized carbons (Fsp3) is 0.200. The Balaban J connectivity index is 1.54. The van der Waals surface area contributed by atoms with Gasteiger partial charge in [0.05, 0.1) is 24.3 Å². The zero-order chi connectivity index (χ0) is 20.5. The van der Waals surface area contributed by atoms with E-state index >= 15 is 0 Å². The summed E-state index contributed by atoms with van der Waals surface area (Å²) >= 11 is 0. The van der Waals surface area contributed by atoms with Crippen molar-refractivity contribution in [2.45, 2.75) is 12.6 Å². The second kappa shape index (κ2) is 7.64. The van der Waals surface area contributed by atoms with Crippen LogP contribution in [0.5, 0.6) is 0 Å². The van der Waals surface area contributed by atoms with Gasteiger partial charge < -0.3 is 15.2 Å². The van der Waals surface area contributed by atoms with Crippen LogP contribution in [0.15, 0.2) is 53.5 Å². The molecule has 152 valence electrons. The lowest BCUT2D eigenvalue weighted by Crippen LogP contribution is -2.51. The molecule has 1 saturated heterocycles. The second-order valence-electron chi connectivity index (χ2n) is 6.95. The van der Waals surface area contributed by atoms with Crippen molar-refractivity contribution in [1.29, 1.82) is 0 Å². The number of halogens is 2. The Kier molecular flexibility index (Phi) is 4.68. The number of hydrogen-bond acceptors (Lipinski definition) is 7. The van der Waals surface area contributed by atoms with Gasteiger partial charge in [-0.05, 0) is 6.07 Å². The highest BCUT2D eigenvalue weighted by Crippen LogP contribution is 2.29. The van der Waals surface area contributed by atoms with Crippen LogP contribution < -0.4 is 10.6 Å². The molecule has 1 aliphatic rings. The molecule has 0 bridgehead atoms. The Bertz CT molecular complexity index is 1170. The van der Waals surface area contributed by atoms with Gasteiger partial charge in [-0.2, -0.15) is 5.10 Å². The van der Waals surface area contributed by atoms with Gasteiger partial charge in [0.15, 0.2) is 17.5 Å². The first kappa shape index (κ1) is 18.4. The van der Waals surface area contributed by atoms with Gasteiger partial charge in [-0.3, -0.25) is 4.68 Å². The van der Waals surface area contributed by atoms with E-state index in [1.54, 1.807) is 35.1 Å². The minimum absolute atomic E-state index is 0.107. The van der Waals surface area contributed by atoms with Crippen LogP contribution in [0.25, 0.3) is 22.8 Å². The summed E-state index contributed by atoms with van der Waals surface area (Å²) in [6.45, 7) is 1.68. The van der Waals surface area contributed by atoms with Crippen LogP contribution in [0.2, 0.25) is 0 Å². The standard InChI is InChI=1S/C20H17F2N7O/c21-15-4-2-1-3-12(15)10-29-11-14(17-5-6-30-28-17)18(27-29)20-24-9-16(22)19(26-20)25-13-7-23-8-13/h1-6,9,11,13,23H,7-8,10H2,(H,24,25,26). The number of nitrogens with one attached hydrogen (secondary N) is 2. The van der Waals surface area contributed by atoms with Crippen LogP contribution in [-0.2, 0) is 6.54 Å². The van der Waals surface area contributed by atoms with Crippen molar-refractivity contribution in [2.24, 2.45) is 0 Å². The molecule has 0 unspecified atom stereocenters. The van der Waals surface area contributed by atoms with Crippen molar-refractivity contribution >= 4 is 5.82 Å². The second-order valence-corrected chi connectivity index (χ2v) is 6.95. The highest BCUT2D eigenvalue weighted by molar-refractivity contribution is 5.75. The summed E-state index contributed by atoms with van der Waals surface area (Å²) in [7, 11) is 0. The molecule has 10 heteroatoms. The van der Waals surface area contributed by atoms with E-state index in [9.17, 15) is 8.78 Å². The maximum absolute atomic E-state index is 14.2. The summed E-state index contributed by atoms with van der Waals surface area (Å²) in [6, 6.07) is 8.27. The number of benzene rings is 1. The third-order valence-corrected chi connectivity index (χ3v) is 4.84. The normalized spacial score (nSPS) is 13.9. The van der Waals surface area contributed by atoms with Gasteiger partial charge >= 0.3 is 0 Å². The highest BCUT2D eigenvalue weighted by Gasteiger charge is 2.22. The Morgan fingerprint density at radius 3 is 2.77 bits per heavy atom. The van der Waals surface area contributed by atoms with Gasteiger partial charge in [0.25, 0.3) is 0 Å². The SMILES string of the molecule is Fc1ccccc1Cn1cc(-c2ccon2)c(-c2ncc(F)c(NC3CNC3)n2)n1. The van der Waals surface area contributed by atoms with Gasteiger partial charge in [-0.1, -0.05) is 23.4 Å². The van der Waals surface area contributed by atoms with Crippen LogP contribution in [-0.4, -0.2) is 44.0 Å². The number of anilines is 1. The molecular formula is C20H17F2N7O. The van der Waals surface area contributed by atoms with E-state index in [4.69, 9.17) is 4.52 Å². The quantitative estimate of drug-likeness (QED) is 0.506. The first-order valence-electron chi connectivity index (χ1n) is 9.39. The van der Waals surface area contributed by atoms with E-state index in [-0.39, 0.29) is 30.0 Å². The lowest BCUT2D eigenvalue weighted by Gasteiger charge is -2.28. The number of rotatable bonds is 6. The fourth-order valence-electron chi connectivity index (χ4n) is 3.17. The summed E-state index contributed by atoms with van der Waals surface area (Å²) in [6.07, 6.45) is 4.27. The molecule has 0 atom stereocenters. The molecule has 0 spiro atoms. The van der Waals surface area contributed by atoms with Gasteiger partial charge in [-0.15, -0.1) is 0 Å². The third-order valence-electron chi connectivity index (χ3n) is 4.84. The van der Waals surface area contributed by atoms with E-state index < -0.39 is 5.82 Å². The van der Waals surface area contributed by atoms with Crippen LogP contribution in [0, 0.1) is 11.6 Å². The van der Waals surface area contributed by atoms with Crippen molar-refractivity contribution in [3.63, 3.8) is 0 Å². The monoisotopic (exact) mass is 409 g/mol. The predicted octanol–water partition coefficient (Wildman–Crippen LogP) is 2.71. The minimum atomic E-state index is -0.542. The topological polar surface area (TPSA) is 93.7 Å². The molecule has 1 aliphatic heterocycles. The summed E-state index contributed by atoms with van der Waals surface area (Å²) in [4.78, 5) is 8.46. The summed E-state index contributed by atoms with van der Waals surface area (Å²) in [5.74, 6) is -0.520. The lowest BCUT2D eigenvalue weighted by molar-refractivity contribution is 0.422. The largest absolute Gasteiger partial charge is 0.364 e. The lowest BCUT2D eigenvalue weighted by atomic mass is 10.1. The van der Waals surface area contributed by atoms with Crippen molar-refractivity contribution < 1.29 is 13.3 Å². The third kappa shape index (κ3) is 3.52.